The van der Waals surface area contributed by atoms with E-state index in [9.17, 15) is 0 Å². The highest BCUT2D eigenvalue weighted by atomic mass is 127. The Morgan fingerprint density at radius 3 is 2.29 bits per heavy atom. The lowest BCUT2D eigenvalue weighted by Gasteiger charge is -2.36. The maximum Gasteiger partial charge on any atom is 0.196 e. The van der Waals surface area contributed by atoms with Crippen LogP contribution in [0.3, 0.4) is 0 Å². The molecule has 0 amide bonds. The van der Waals surface area contributed by atoms with Crippen LogP contribution in [0.25, 0.3) is 0 Å². The first-order chi connectivity index (χ1) is 7.69. The van der Waals surface area contributed by atoms with E-state index in [1.807, 2.05) is 0 Å². The first kappa shape index (κ1) is 17.0. The molecule has 1 aliphatic heterocycles. The second kappa shape index (κ2) is 8.97. The Morgan fingerprint density at radius 2 is 1.88 bits per heavy atom. The van der Waals surface area contributed by atoms with Gasteiger partial charge in [0.15, 0.2) is 5.96 Å². The predicted octanol–water partition coefficient (Wildman–Crippen LogP) is 2.04. The topological polar surface area (TPSA) is 28.1 Å². The highest BCUT2D eigenvalue weighted by Gasteiger charge is 2.22. The molecule has 5 heteroatoms. The number of aliphatic imine (C=N–C) groups is 1. The lowest BCUT2D eigenvalue weighted by molar-refractivity contribution is 0.0253. The van der Waals surface area contributed by atoms with Crippen LogP contribution in [0.15, 0.2) is 4.99 Å². The molecule has 0 unspecified atom stereocenters. The first-order valence-corrected chi connectivity index (χ1v) is 6.27. The minimum atomic E-state index is 0. The molecule has 0 aromatic carbocycles. The zero-order valence-electron chi connectivity index (χ0n) is 11.5. The number of rotatable bonds is 3. The molecule has 0 aliphatic carbocycles. The van der Waals surface area contributed by atoms with E-state index in [4.69, 9.17) is 4.74 Å². The van der Waals surface area contributed by atoms with Crippen LogP contribution in [-0.2, 0) is 4.74 Å². The molecule has 1 heterocycles. The Bertz CT molecular complexity index is 226. The van der Waals surface area contributed by atoms with Gasteiger partial charge in [0, 0.05) is 40.3 Å². The highest BCUT2D eigenvalue weighted by molar-refractivity contribution is 14.0. The molecule has 4 nitrogen and oxygen atoms in total. The van der Waals surface area contributed by atoms with Gasteiger partial charge in [-0.3, -0.25) is 4.99 Å². The van der Waals surface area contributed by atoms with Gasteiger partial charge in [-0.05, 0) is 26.7 Å². The summed E-state index contributed by atoms with van der Waals surface area (Å²) in [5.41, 5.74) is 0. The van der Waals surface area contributed by atoms with Crippen molar-refractivity contribution >= 4 is 29.9 Å². The average molecular weight is 355 g/mol. The third-order valence-corrected chi connectivity index (χ3v) is 2.83. The Labute approximate surface area is 122 Å². The fraction of sp³-hybridized carbons (Fsp3) is 0.917. The van der Waals surface area contributed by atoms with Crippen LogP contribution in [0.4, 0.5) is 0 Å². The molecule has 0 atom stereocenters. The van der Waals surface area contributed by atoms with Crippen molar-refractivity contribution in [2.24, 2.45) is 4.99 Å². The van der Waals surface area contributed by atoms with Crippen molar-refractivity contribution in [1.82, 2.24) is 9.80 Å². The van der Waals surface area contributed by atoms with E-state index in [0.717, 1.165) is 45.0 Å². The van der Waals surface area contributed by atoms with Gasteiger partial charge >= 0.3 is 0 Å². The SMILES string of the molecule is CCN=C(N(C)C)N1CCC(OCC)CC1.I. The number of likely N-dealkylation sites (tertiary alicyclic amines) is 1. The van der Waals surface area contributed by atoms with Crippen LogP contribution in [0.5, 0.6) is 0 Å². The van der Waals surface area contributed by atoms with E-state index in [1.165, 1.54) is 0 Å². The molecule has 0 aromatic rings. The number of ether oxygens (including phenoxy) is 1. The van der Waals surface area contributed by atoms with Crippen molar-refractivity contribution in [3.63, 3.8) is 0 Å². The van der Waals surface area contributed by atoms with Crippen molar-refractivity contribution in [3.05, 3.63) is 0 Å². The molecular weight excluding hydrogens is 329 g/mol. The van der Waals surface area contributed by atoms with Gasteiger partial charge in [0.05, 0.1) is 6.10 Å². The van der Waals surface area contributed by atoms with E-state index < -0.39 is 0 Å². The molecular formula is C12H26IN3O. The summed E-state index contributed by atoms with van der Waals surface area (Å²) in [6.07, 6.45) is 2.68. The molecule has 0 bridgehead atoms. The predicted molar refractivity (Wildman–Crippen MR) is 83.3 cm³/mol. The van der Waals surface area contributed by atoms with Crippen molar-refractivity contribution in [1.29, 1.82) is 0 Å². The minimum Gasteiger partial charge on any atom is -0.378 e. The molecule has 0 saturated carbocycles. The van der Waals surface area contributed by atoms with E-state index in [0.29, 0.717) is 6.10 Å². The molecule has 0 radical (unpaired) electrons. The van der Waals surface area contributed by atoms with Gasteiger partial charge in [-0.15, -0.1) is 24.0 Å². The normalized spacial score (nSPS) is 17.9. The summed E-state index contributed by atoms with van der Waals surface area (Å²) < 4.78 is 5.65. The Morgan fingerprint density at radius 1 is 1.29 bits per heavy atom. The number of nitrogens with zero attached hydrogens (tertiary/aromatic N) is 3. The van der Waals surface area contributed by atoms with Gasteiger partial charge in [-0.1, -0.05) is 0 Å². The van der Waals surface area contributed by atoms with Crippen molar-refractivity contribution in [2.45, 2.75) is 32.8 Å². The number of halogens is 1. The number of hydrogen-bond donors (Lipinski definition) is 0. The summed E-state index contributed by atoms with van der Waals surface area (Å²) in [6, 6.07) is 0. The van der Waals surface area contributed by atoms with E-state index in [1.54, 1.807) is 0 Å². The van der Waals surface area contributed by atoms with Gasteiger partial charge < -0.3 is 14.5 Å². The van der Waals surface area contributed by atoms with Crippen LogP contribution in [0.2, 0.25) is 0 Å². The largest absolute Gasteiger partial charge is 0.378 e. The molecule has 0 aromatic heterocycles. The number of piperidine rings is 1. The molecule has 1 saturated heterocycles. The molecule has 1 fully saturated rings. The summed E-state index contributed by atoms with van der Waals surface area (Å²) in [5.74, 6) is 1.11. The van der Waals surface area contributed by atoms with Crippen LogP contribution in [0.1, 0.15) is 26.7 Å². The van der Waals surface area contributed by atoms with Gasteiger partial charge in [0.25, 0.3) is 0 Å². The fourth-order valence-electron chi connectivity index (χ4n) is 2.12. The summed E-state index contributed by atoms with van der Waals surface area (Å²) >= 11 is 0. The third-order valence-electron chi connectivity index (χ3n) is 2.83. The van der Waals surface area contributed by atoms with Crippen LogP contribution < -0.4 is 0 Å². The molecule has 1 aliphatic rings. The second-order valence-electron chi connectivity index (χ2n) is 4.31. The Kier molecular flexibility index (Phi) is 8.94. The lowest BCUT2D eigenvalue weighted by atomic mass is 10.1. The standard InChI is InChI=1S/C12H25N3O.HI/c1-5-13-12(14(3)4)15-9-7-11(8-10-15)16-6-2;/h11H,5-10H2,1-4H3;1H. The van der Waals surface area contributed by atoms with E-state index in [2.05, 4.69) is 42.7 Å². The quantitative estimate of drug-likeness (QED) is 0.441. The summed E-state index contributed by atoms with van der Waals surface area (Å²) in [4.78, 5) is 9.01. The molecule has 1 rings (SSSR count). The van der Waals surface area contributed by atoms with Crippen LogP contribution in [0, 0.1) is 0 Å². The monoisotopic (exact) mass is 355 g/mol. The molecule has 102 valence electrons. The third kappa shape index (κ3) is 5.42. The zero-order chi connectivity index (χ0) is 12.0. The summed E-state index contributed by atoms with van der Waals surface area (Å²) in [5, 5.41) is 0. The Hall–Kier alpha value is -0.0400. The van der Waals surface area contributed by atoms with E-state index >= 15 is 0 Å². The minimum absolute atomic E-state index is 0. The number of hydrogen-bond acceptors (Lipinski definition) is 2. The lowest BCUT2D eigenvalue weighted by Crippen LogP contribution is -2.46. The summed E-state index contributed by atoms with van der Waals surface area (Å²) in [6.45, 7) is 7.93. The average Bonchev–Trinajstić information content (AvgIpc) is 2.27. The number of guanidine groups is 1. The van der Waals surface area contributed by atoms with E-state index in [-0.39, 0.29) is 24.0 Å². The highest BCUT2D eigenvalue weighted by Crippen LogP contribution is 2.14. The first-order valence-electron chi connectivity index (χ1n) is 6.27. The molecule has 0 spiro atoms. The van der Waals surface area contributed by atoms with Gasteiger partial charge in [-0.25, -0.2) is 0 Å². The maximum atomic E-state index is 5.65. The van der Waals surface area contributed by atoms with Crippen LogP contribution >= 0.6 is 24.0 Å². The smallest absolute Gasteiger partial charge is 0.196 e. The molecule has 17 heavy (non-hydrogen) atoms. The van der Waals surface area contributed by atoms with Crippen molar-refractivity contribution in [2.75, 3.05) is 40.3 Å². The van der Waals surface area contributed by atoms with Gasteiger partial charge in [0.1, 0.15) is 0 Å². The van der Waals surface area contributed by atoms with Crippen LogP contribution in [-0.4, -0.2) is 62.2 Å². The molecule has 0 N–H and O–H groups in total. The fourth-order valence-corrected chi connectivity index (χ4v) is 2.12. The summed E-state index contributed by atoms with van der Waals surface area (Å²) in [7, 11) is 4.12. The van der Waals surface area contributed by atoms with Gasteiger partial charge in [-0.2, -0.15) is 0 Å². The zero-order valence-corrected chi connectivity index (χ0v) is 13.8. The van der Waals surface area contributed by atoms with Crippen molar-refractivity contribution in [3.8, 4) is 0 Å². The van der Waals surface area contributed by atoms with Gasteiger partial charge in [0.2, 0.25) is 0 Å². The maximum absolute atomic E-state index is 5.65. The van der Waals surface area contributed by atoms with Crippen molar-refractivity contribution < 1.29 is 4.74 Å². The Balaban J connectivity index is 0.00000256. The second-order valence-corrected chi connectivity index (χ2v) is 4.31.